The summed E-state index contributed by atoms with van der Waals surface area (Å²) < 4.78 is 9.02. The minimum absolute atomic E-state index is 0.0142. The molecule has 0 spiro atoms. The van der Waals surface area contributed by atoms with Crippen LogP contribution in [0.3, 0.4) is 0 Å². The minimum Gasteiger partial charge on any atom is -0.392 e. The standard InChI is InChI=1S/C26H28N4O3/c1-4-6-23-28-25-16(2)7-5-8-21(25)29(23)14-18-9-12-20-22(13-18)30(15-24(32)33-17(3)31)26(27-20)19-10-11-19/h5,7-9,12-13,19H,4,6,10-11,14-15H2,1-3H3. The first-order chi connectivity index (χ1) is 15.9. The highest BCUT2D eigenvalue weighted by molar-refractivity contribution is 5.86. The fourth-order valence-corrected chi connectivity index (χ4v) is 4.53. The molecule has 2 aromatic carbocycles. The second-order valence-electron chi connectivity index (χ2n) is 8.93. The fourth-order valence-electron chi connectivity index (χ4n) is 4.53. The molecule has 2 heterocycles. The number of hydrogen-bond acceptors (Lipinski definition) is 5. The number of imidazole rings is 2. The quantitative estimate of drug-likeness (QED) is 0.306. The zero-order valence-corrected chi connectivity index (χ0v) is 19.3. The van der Waals surface area contributed by atoms with Crippen LogP contribution < -0.4 is 0 Å². The topological polar surface area (TPSA) is 79.0 Å². The van der Waals surface area contributed by atoms with Crippen molar-refractivity contribution in [1.82, 2.24) is 19.1 Å². The second-order valence-corrected chi connectivity index (χ2v) is 8.93. The van der Waals surface area contributed by atoms with Gasteiger partial charge in [0.2, 0.25) is 0 Å². The Labute approximate surface area is 192 Å². The van der Waals surface area contributed by atoms with Crippen LogP contribution in [0.25, 0.3) is 22.1 Å². The minimum atomic E-state index is -0.594. The molecule has 0 bridgehead atoms. The number of hydrogen-bond donors (Lipinski definition) is 0. The Morgan fingerprint density at radius 2 is 1.91 bits per heavy atom. The molecular weight excluding hydrogens is 416 g/mol. The van der Waals surface area contributed by atoms with Gasteiger partial charge in [0.25, 0.3) is 0 Å². The van der Waals surface area contributed by atoms with E-state index in [0.717, 1.165) is 65.0 Å². The van der Waals surface area contributed by atoms with Gasteiger partial charge in [-0.25, -0.2) is 14.8 Å². The average molecular weight is 445 g/mol. The first-order valence-corrected chi connectivity index (χ1v) is 11.6. The van der Waals surface area contributed by atoms with E-state index in [0.29, 0.717) is 12.5 Å². The maximum absolute atomic E-state index is 12.3. The van der Waals surface area contributed by atoms with Crippen LogP contribution in [-0.2, 0) is 33.8 Å². The van der Waals surface area contributed by atoms with E-state index in [4.69, 9.17) is 14.7 Å². The zero-order valence-electron chi connectivity index (χ0n) is 19.3. The molecule has 170 valence electrons. The molecule has 1 saturated carbocycles. The van der Waals surface area contributed by atoms with Crippen molar-refractivity contribution in [3.05, 3.63) is 59.2 Å². The summed E-state index contributed by atoms with van der Waals surface area (Å²) in [5.41, 5.74) is 6.23. The van der Waals surface area contributed by atoms with Crippen LogP contribution in [0.15, 0.2) is 36.4 Å². The van der Waals surface area contributed by atoms with E-state index in [1.165, 1.54) is 12.5 Å². The SMILES string of the molecule is CCCc1nc2c(C)cccc2n1Cc1ccc2nc(C3CC3)n(CC(=O)OC(C)=O)c2c1. The predicted octanol–water partition coefficient (Wildman–Crippen LogP) is 4.66. The first kappa shape index (κ1) is 21.4. The van der Waals surface area contributed by atoms with E-state index in [1.54, 1.807) is 0 Å². The van der Waals surface area contributed by atoms with Crippen molar-refractivity contribution in [3.8, 4) is 0 Å². The monoisotopic (exact) mass is 444 g/mol. The molecule has 0 N–H and O–H groups in total. The molecule has 33 heavy (non-hydrogen) atoms. The Morgan fingerprint density at radius 3 is 2.64 bits per heavy atom. The maximum Gasteiger partial charge on any atom is 0.333 e. The highest BCUT2D eigenvalue weighted by Gasteiger charge is 2.30. The molecule has 1 aliphatic carbocycles. The van der Waals surface area contributed by atoms with Crippen LogP contribution in [0.2, 0.25) is 0 Å². The number of benzene rings is 2. The van der Waals surface area contributed by atoms with Crippen LogP contribution in [0.1, 0.15) is 61.8 Å². The maximum atomic E-state index is 12.3. The molecule has 7 nitrogen and oxygen atoms in total. The molecule has 0 radical (unpaired) electrons. The Kier molecular flexibility index (Phi) is 5.48. The van der Waals surface area contributed by atoms with Gasteiger partial charge in [-0.2, -0.15) is 0 Å². The molecule has 0 amide bonds. The third-order valence-electron chi connectivity index (χ3n) is 6.20. The third kappa shape index (κ3) is 4.15. The van der Waals surface area contributed by atoms with Crippen molar-refractivity contribution in [3.63, 3.8) is 0 Å². The summed E-state index contributed by atoms with van der Waals surface area (Å²) in [5.74, 6) is 1.19. The van der Waals surface area contributed by atoms with E-state index in [9.17, 15) is 9.59 Å². The normalized spacial score (nSPS) is 13.7. The van der Waals surface area contributed by atoms with Crippen molar-refractivity contribution < 1.29 is 14.3 Å². The summed E-state index contributed by atoms with van der Waals surface area (Å²) in [7, 11) is 0. The molecule has 0 aliphatic heterocycles. The van der Waals surface area contributed by atoms with Gasteiger partial charge >= 0.3 is 11.9 Å². The first-order valence-electron chi connectivity index (χ1n) is 11.6. The third-order valence-corrected chi connectivity index (χ3v) is 6.20. The Bertz CT molecular complexity index is 1380. The van der Waals surface area contributed by atoms with Crippen LogP contribution in [0.4, 0.5) is 0 Å². The molecule has 1 aliphatic rings. The van der Waals surface area contributed by atoms with E-state index < -0.39 is 11.9 Å². The number of para-hydroxylation sites is 1. The van der Waals surface area contributed by atoms with Crippen molar-refractivity contribution >= 4 is 34.0 Å². The van der Waals surface area contributed by atoms with Gasteiger partial charge in [0.15, 0.2) is 0 Å². The predicted molar refractivity (Wildman–Crippen MR) is 126 cm³/mol. The molecule has 0 unspecified atom stereocenters. The highest BCUT2D eigenvalue weighted by Crippen LogP contribution is 2.40. The second kappa shape index (κ2) is 8.46. The lowest BCUT2D eigenvalue weighted by atomic mass is 10.1. The lowest BCUT2D eigenvalue weighted by molar-refractivity contribution is -0.158. The highest BCUT2D eigenvalue weighted by atomic mass is 16.6. The molecular formula is C26H28N4O3. The van der Waals surface area contributed by atoms with E-state index in [1.807, 2.05) is 10.6 Å². The molecule has 0 atom stereocenters. The summed E-state index contributed by atoms with van der Waals surface area (Å²) in [4.78, 5) is 33.3. The van der Waals surface area contributed by atoms with Gasteiger partial charge in [0, 0.05) is 25.8 Å². The number of aryl methyl sites for hydroxylation is 2. The van der Waals surface area contributed by atoms with Crippen LogP contribution in [0, 0.1) is 6.92 Å². The number of aromatic nitrogens is 4. The Hall–Kier alpha value is -3.48. The number of nitrogens with zero attached hydrogens (tertiary/aromatic N) is 4. The number of ether oxygens (including phenoxy) is 1. The molecule has 4 aromatic rings. The fraction of sp³-hybridized carbons (Fsp3) is 0.385. The number of fused-ring (bicyclic) bond motifs is 2. The van der Waals surface area contributed by atoms with Crippen molar-refractivity contribution in [2.75, 3.05) is 0 Å². The molecule has 5 rings (SSSR count). The van der Waals surface area contributed by atoms with Gasteiger partial charge in [-0.3, -0.25) is 4.79 Å². The molecule has 0 saturated heterocycles. The summed E-state index contributed by atoms with van der Waals surface area (Å²) in [6.45, 7) is 6.18. The van der Waals surface area contributed by atoms with Gasteiger partial charge in [-0.15, -0.1) is 0 Å². The van der Waals surface area contributed by atoms with Crippen molar-refractivity contribution in [2.24, 2.45) is 0 Å². The Morgan fingerprint density at radius 1 is 1.09 bits per heavy atom. The van der Waals surface area contributed by atoms with Gasteiger partial charge in [-0.1, -0.05) is 25.1 Å². The van der Waals surface area contributed by atoms with Crippen LogP contribution in [0.5, 0.6) is 0 Å². The van der Waals surface area contributed by atoms with Crippen molar-refractivity contribution in [1.29, 1.82) is 0 Å². The average Bonchev–Trinajstić information content (AvgIpc) is 3.47. The van der Waals surface area contributed by atoms with Crippen LogP contribution in [-0.4, -0.2) is 31.0 Å². The molecule has 1 fully saturated rings. The van der Waals surface area contributed by atoms with Gasteiger partial charge in [0.1, 0.15) is 18.2 Å². The van der Waals surface area contributed by atoms with Crippen molar-refractivity contribution in [2.45, 2.75) is 65.5 Å². The summed E-state index contributed by atoms with van der Waals surface area (Å²) >= 11 is 0. The van der Waals surface area contributed by atoms with E-state index in [2.05, 4.69) is 48.7 Å². The number of esters is 2. The van der Waals surface area contributed by atoms with Gasteiger partial charge in [0.05, 0.1) is 22.1 Å². The van der Waals surface area contributed by atoms with Gasteiger partial charge < -0.3 is 13.9 Å². The summed E-state index contributed by atoms with van der Waals surface area (Å²) in [6.07, 6.45) is 4.07. The number of carbonyl (C=O) groups is 2. The lowest BCUT2D eigenvalue weighted by Crippen LogP contribution is -2.17. The van der Waals surface area contributed by atoms with E-state index >= 15 is 0 Å². The molecule has 7 heteroatoms. The zero-order chi connectivity index (χ0) is 23.1. The lowest BCUT2D eigenvalue weighted by Gasteiger charge is -2.11. The van der Waals surface area contributed by atoms with Gasteiger partial charge in [-0.05, 0) is 55.5 Å². The number of carbonyl (C=O) groups excluding carboxylic acids is 2. The summed E-state index contributed by atoms with van der Waals surface area (Å²) in [5, 5.41) is 0. The summed E-state index contributed by atoms with van der Waals surface area (Å²) in [6, 6.07) is 12.5. The smallest absolute Gasteiger partial charge is 0.333 e. The number of rotatable bonds is 7. The molecule has 2 aromatic heterocycles. The van der Waals surface area contributed by atoms with E-state index in [-0.39, 0.29) is 6.54 Å². The largest absolute Gasteiger partial charge is 0.392 e. The van der Waals surface area contributed by atoms with Crippen LogP contribution >= 0.6 is 0 Å². The Balaban J connectivity index is 1.56.